The van der Waals surface area contributed by atoms with Crippen LogP contribution in [-0.2, 0) is 13.1 Å². The molecule has 6 heteroatoms. The van der Waals surface area contributed by atoms with E-state index in [4.69, 9.17) is 9.73 Å². The molecule has 1 aliphatic rings. The first-order chi connectivity index (χ1) is 12.2. The second-order valence-corrected chi connectivity index (χ2v) is 7.59. The van der Waals surface area contributed by atoms with Gasteiger partial charge in [0.2, 0.25) is 0 Å². The van der Waals surface area contributed by atoms with Crippen LogP contribution in [0.4, 0.5) is 0 Å². The molecular weight excluding hydrogens is 332 g/mol. The van der Waals surface area contributed by atoms with E-state index in [1.807, 2.05) is 24.4 Å². The lowest BCUT2D eigenvalue weighted by molar-refractivity contribution is 0.297. The lowest BCUT2D eigenvalue weighted by Crippen LogP contribution is -2.36. The summed E-state index contributed by atoms with van der Waals surface area (Å²) in [5.41, 5.74) is 1.12. The van der Waals surface area contributed by atoms with Crippen LogP contribution in [0.15, 0.2) is 35.5 Å². The van der Waals surface area contributed by atoms with Gasteiger partial charge in [-0.2, -0.15) is 0 Å². The number of rotatable bonds is 8. The van der Waals surface area contributed by atoms with E-state index in [9.17, 15) is 0 Å². The van der Waals surface area contributed by atoms with Crippen LogP contribution >= 0.6 is 11.3 Å². The minimum absolute atomic E-state index is 0.590. The molecule has 1 aliphatic carbocycles. The molecule has 0 saturated heterocycles. The second kappa shape index (κ2) is 8.85. The number of para-hydroxylation sites is 1. The van der Waals surface area contributed by atoms with Gasteiger partial charge in [0.1, 0.15) is 10.8 Å². The second-order valence-electron chi connectivity index (χ2n) is 6.28. The van der Waals surface area contributed by atoms with Crippen molar-refractivity contribution in [2.45, 2.75) is 39.8 Å². The van der Waals surface area contributed by atoms with E-state index in [-0.39, 0.29) is 0 Å². The summed E-state index contributed by atoms with van der Waals surface area (Å²) in [4.78, 5) is 10.3. The van der Waals surface area contributed by atoms with Crippen LogP contribution in [-0.4, -0.2) is 24.1 Å². The molecule has 2 N–H and O–H groups in total. The van der Waals surface area contributed by atoms with Crippen LogP contribution in [0.25, 0.3) is 0 Å². The summed E-state index contributed by atoms with van der Waals surface area (Å²) >= 11 is 1.70. The van der Waals surface area contributed by atoms with Crippen molar-refractivity contribution >= 4 is 17.3 Å². The van der Waals surface area contributed by atoms with Gasteiger partial charge in [-0.1, -0.05) is 18.2 Å². The molecule has 0 unspecified atom stereocenters. The zero-order valence-corrected chi connectivity index (χ0v) is 15.7. The highest BCUT2D eigenvalue weighted by Gasteiger charge is 2.22. The summed E-state index contributed by atoms with van der Waals surface area (Å²) in [5, 5.41) is 7.70. The molecule has 134 valence electrons. The highest BCUT2D eigenvalue weighted by Crippen LogP contribution is 2.30. The van der Waals surface area contributed by atoms with Crippen LogP contribution < -0.4 is 15.4 Å². The Morgan fingerprint density at radius 2 is 2.16 bits per heavy atom. The van der Waals surface area contributed by atoms with E-state index in [0.717, 1.165) is 41.3 Å². The third-order valence-corrected chi connectivity index (χ3v) is 4.88. The van der Waals surface area contributed by atoms with E-state index in [0.29, 0.717) is 13.1 Å². The van der Waals surface area contributed by atoms with Gasteiger partial charge in [0.05, 0.1) is 19.7 Å². The highest BCUT2D eigenvalue weighted by molar-refractivity contribution is 7.11. The molecule has 1 heterocycles. The van der Waals surface area contributed by atoms with Crippen molar-refractivity contribution in [1.29, 1.82) is 0 Å². The van der Waals surface area contributed by atoms with Gasteiger partial charge in [-0.15, -0.1) is 11.3 Å². The summed E-state index contributed by atoms with van der Waals surface area (Å²) in [5.74, 6) is 2.49. The standard InChI is InChI=1S/C19H26N4OS/c1-3-20-19(23-12-18-21-10-14(2)25-18)22-11-16-6-4-5-7-17(16)24-13-15-8-9-15/h4-7,10,15H,3,8-9,11-13H2,1-2H3,(H2,20,22,23). The molecule has 2 aromatic rings. The van der Waals surface area contributed by atoms with Crippen molar-refractivity contribution in [3.8, 4) is 5.75 Å². The molecule has 0 atom stereocenters. The normalized spacial score (nSPS) is 14.4. The Kier molecular flexibility index (Phi) is 6.28. The average molecular weight is 359 g/mol. The first kappa shape index (κ1) is 17.7. The van der Waals surface area contributed by atoms with E-state index in [2.05, 4.69) is 35.5 Å². The molecule has 3 rings (SSSR count). The van der Waals surface area contributed by atoms with Crippen LogP contribution in [0.3, 0.4) is 0 Å². The van der Waals surface area contributed by atoms with E-state index < -0.39 is 0 Å². The molecule has 0 radical (unpaired) electrons. The first-order valence-corrected chi connectivity index (χ1v) is 9.70. The minimum Gasteiger partial charge on any atom is -0.493 e. The van der Waals surface area contributed by atoms with Gasteiger partial charge in [0, 0.05) is 23.2 Å². The molecule has 0 aliphatic heterocycles. The molecule has 0 bridgehead atoms. The summed E-state index contributed by atoms with van der Waals surface area (Å²) < 4.78 is 5.97. The number of aryl methyl sites for hydroxylation is 1. The maximum atomic E-state index is 5.97. The fourth-order valence-corrected chi connectivity index (χ4v) is 3.14. The first-order valence-electron chi connectivity index (χ1n) is 8.88. The predicted octanol–water partition coefficient (Wildman–Crippen LogP) is 3.50. The smallest absolute Gasteiger partial charge is 0.191 e. The molecule has 0 amide bonds. The Morgan fingerprint density at radius 3 is 2.88 bits per heavy atom. The predicted molar refractivity (Wildman–Crippen MR) is 103 cm³/mol. The van der Waals surface area contributed by atoms with Crippen LogP contribution in [0.2, 0.25) is 0 Å². The molecule has 1 saturated carbocycles. The van der Waals surface area contributed by atoms with Crippen LogP contribution in [0.1, 0.15) is 35.2 Å². The lowest BCUT2D eigenvalue weighted by Gasteiger charge is -2.12. The van der Waals surface area contributed by atoms with Gasteiger partial charge in [0.25, 0.3) is 0 Å². The van der Waals surface area contributed by atoms with Crippen molar-refractivity contribution in [1.82, 2.24) is 15.6 Å². The summed E-state index contributed by atoms with van der Waals surface area (Å²) in [6.07, 6.45) is 4.50. The Bertz CT molecular complexity index is 709. The van der Waals surface area contributed by atoms with Crippen molar-refractivity contribution in [2.24, 2.45) is 10.9 Å². The molecule has 1 fully saturated rings. The SMILES string of the molecule is CCNC(=NCc1ccccc1OCC1CC1)NCc1ncc(C)s1. The Hall–Kier alpha value is -2.08. The fraction of sp³-hybridized carbons (Fsp3) is 0.474. The fourth-order valence-electron chi connectivity index (χ4n) is 2.42. The Labute approximate surface area is 153 Å². The third-order valence-electron chi connectivity index (χ3n) is 3.97. The summed E-state index contributed by atoms with van der Waals surface area (Å²) in [6, 6.07) is 8.17. The minimum atomic E-state index is 0.590. The monoisotopic (exact) mass is 358 g/mol. The number of nitrogens with one attached hydrogen (secondary N) is 2. The molecule has 1 aromatic carbocycles. The largest absolute Gasteiger partial charge is 0.493 e. The van der Waals surface area contributed by atoms with Crippen molar-refractivity contribution in [3.63, 3.8) is 0 Å². The number of thiazole rings is 1. The van der Waals surface area contributed by atoms with Gasteiger partial charge in [-0.25, -0.2) is 9.98 Å². The maximum Gasteiger partial charge on any atom is 0.191 e. The van der Waals surface area contributed by atoms with Gasteiger partial charge >= 0.3 is 0 Å². The topological polar surface area (TPSA) is 58.5 Å². The average Bonchev–Trinajstić information content (AvgIpc) is 3.36. The Balaban J connectivity index is 1.60. The zero-order chi connectivity index (χ0) is 17.5. The summed E-state index contributed by atoms with van der Waals surface area (Å²) in [7, 11) is 0. The van der Waals surface area contributed by atoms with Gasteiger partial charge < -0.3 is 15.4 Å². The number of hydrogen-bond donors (Lipinski definition) is 2. The number of aliphatic imine (C=N–C) groups is 1. The van der Waals surface area contributed by atoms with Gasteiger partial charge in [-0.05, 0) is 38.7 Å². The summed E-state index contributed by atoms with van der Waals surface area (Å²) in [6.45, 7) is 7.05. The number of guanidine groups is 1. The lowest BCUT2D eigenvalue weighted by atomic mass is 10.2. The number of nitrogens with zero attached hydrogens (tertiary/aromatic N) is 2. The van der Waals surface area contributed by atoms with E-state index in [1.54, 1.807) is 11.3 Å². The Morgan fingerprint density at radius 1 is 1.32 bits per heavy atom. The maximum absolute atomic E-state index is 5.97. The van der Waals surface area contributed by atoms with E-state index >= 15 is 0 Å². The number of hydrogen-bond acceptors (Lipinski definition) is 4. The van der Waals surface area contributed by atoms with Crippen molar-refractivity contribution < 1.29 is 4.74 Å². The van der Waals surface area contributed by atoms with Crippen molar-refractivity contribution in [2.75, 3.05) is 13.2 Å². The van der Waals surface area contributed by atoms with Gasteiger partial charge in [0.15, 0.2) is 5.96 Å². The van der Waals surface area contributed by atoms with Crippen molar-refractivity contribution in [3.05, 3.63) is 45.9 Å². The quantitative estimate of drug-likeness (QED) is 0.560. The van der Waals surface area contributed by atoms with Gasteiger partial charge in [-0.3, -0.25) is 0 Å². The molecule has 25 heavy (non-hydrogen) atoms. The number of aromatic nitrogens is 1. The molecular formula is C19H26N4OS. The molecule has 0 spiro atoms. The van der Waals surface area contributed by atoms with Crippen LogP contribution in [0, 0.1) is 12.8 Å². The molecule has 5 nitrogen and oxygen atoms in total. The molecule has 1 aromatic heterocycles. The number of benzene rings is 1. The highest BCUT2D eigenvalue weighted by atomic mass is 32.1. The third kappa shape index (κ3) is 5.74. The van der Waals surface area contributed by atoms with E-state index in [1.165, 1.54) is 17.7 Å². The van der Waals surface area contributed by atoms with Crippen LogP contribution in [0.5, 0.6) is 5.75 Å². The number of ether oxygens (including phenoxy) is 1. The zero-order valence-electron chi connectivity index (χ0n) is 14.9.